The van der Waals surface area contributed by atoms with Gasteiger partial charge < -0.3 is 15.0 Å². The zero-order valence-electron chi connectivity index (χ0n) is 18.9. The molecule has 1 N–H and O–H groups in total. The fraction of sp³-hybridized carbons (Fsp3) is 0.259. The van der Waals surface area contributed by atoms with Gasteiger partial charge in [0.1, 0.15) is 11.8 Å². The Bertz CT molecular complexity index is 1020. The lowest BCUT2D eigenvalue weighted by Gasteiger charge is -2.32. The van der Waals surface area contributed by atoms with E-state index < -0.39 is 6.04 Å². The summed E-state index contributed by atoms with van der Waals surface area (Å²) in [5.74, 6) is 0.208. The fourth-order valence-electron chi connectivity index (χ4n) is 3.47. The van der Waals surface area contributed by atoms with Crippen LogP contribution in [0.3, 0.4) is 0 Å². The van der Waals surface area contributed by atoms with Gasteiger partial charge >= 0.3 is 0 Å². The van der Waals surface area contributed by atoms with Gasteiger partial charge in [-0.3, -0.25) is 9.59 Å². The van der Waals surface area contributed by atoms with Gasteiger partial charge in [0.25, 0.3) is 5.91 Å². The zero-order valence-corrected chi connectivity index (χ0v) is 21.1. The van der Waals surface area contributed by atoms with Crippen molar-refractivity contribution in [1.82, 2.24) is 10.2 Å². The fourth-order valence-corrected chi connectivity index (χ4v) is 3.83. The van der Waals surface area contributed by atoms with Crippen LogP contribution in [0.25, 0.3) is 0 Å². The number of hydrogen-bond acceptors (Lipinski definition) is 3. The molecule has 0 bridgehead atoms. The van der Waals surface area contributed by atoms with Crippen molar-refractivity contribution in [3.63, 3.8) is 0 Å². The number of amides is 2. The van der Waals surface area contributed by atoms with Crippen LogP contribution in [-0.4, -0.2) is 35.4 Å². The summed E-state index contributed by atoms with van der Waals surface area (Å²) in [6, 6.07) is 26.3. The summed E-state index contributed by atoms with van der Waals surface area (Å²) in [6.45, 7) is 4.01. The third kappa shape index (κ3) is 7.89. The minimum absolute atomic E-state index is 0.0347. The molecule has 2 amide bonds. The van der Waals surface area contributed by atoms with Crippen molar-refractivity contribution in [1.29, 1.82) is 0 Å². The highest BCUT2D eigenvalue weighted by Gasteiger charge is 2.31. The Balaban J connectivity index is 1.87. The van der Waals surface area contributed by atoms with E-state index in [0.29, 0.717) is 18.7 Å². The first-order valence-electron chi connectivity index (χ1n) is 11.0. The molecule has 6 heteroatoms. The van der Waals surface area contributed by atoms with Crippen LogP contribution in [-0.2, 0) is 22.6 Å². The van der Waals surface area contributed by atoms with E-state index in [9.17, 15) is 9.59 Å². The highest BCUT2D eigenvalue weighted by atomic mass is 127. The van der Waals surface area contributed by atoms with Gasteiger partial charge in [-0.1, -0.05) is 60.7 Å². The number of hydrogen-bond donors (Lipinski definition) is 1. The molecule has 0 aliphatic heterocycles. The first kappa shape index (κ1) is 24.8. The molecule has 0 saturated heterocycles. The highest BCUT2D eigenvalue weighted by molar-refractivity contribution is 14.1. The second-order valence-corrected chi connectivity index (χ2v) is 9.36. The number of benzene rings is 3. The van der Waals surface area contributed by atoms with Crippen molar-refractivity contribution in [3.05, 3.63) is 99.6 Å². The monoisotopic (exact) mass is 556 g/mol. The Labute approximate surface area is 209 Å². The molecule has 0 aliphatic carbocycles. The van der Waals surface area contributed by atoms with Gasteiger partial charge in [-0.15, -0.1) is 0 Å². The van der Waals surface area contributed by atoms with Gasteiger partial charge in [0, 0.05) is 22.6 Å². The second kappa shape index (κ2) is 12.4. The SMILES string of the molecule is CC(C)NC(=O)C(Cc1ccccc1)N(Cc1ccccc1)C(=O)COc1ccc(I)cc1. The van der Waals surface area contributed by atoms with E-state index in [1.54, 1.807) is 4.90 Å². The molecule has 1 atom stereocenters. The predicted octanol–water partition coefficient (Wildman–Crippen LogP) is 4.83. The van der Waals surface area contributed by atoms with Gasteiger partial charge in [0.2, 0.25) is 5.91 Å². The van der Waals surface area contributed by atoms with Crippen LogP contribution in [0.1, 0.15) is 25.0 Å². The highest BCUT2D eigenvalue weighted by Crippen LogP contribution is 2.17. The Morgan fingerprint density at radius 2 is 1.45 bits per heavy atom. The number of carbonyl (C=O) groups excluding carboxylic acids is 2. The molecular formula is C27H29IN2O3. The Morgan fingerprint density at radius 3 is 2.03 bits per heavy atom. The van der Waals surface area contributed by atoms with Crippen molar-refractivity contribution >= 4 is 34.4 Å². The van der Waals surface area contributed by atoms with Crippen molar-refractivity contribution < 1.29 is 14.3 Å². The predicted molar refractivity (Wildman–Crippen MR) is 139 cm³/mol. The van der Waals surface area contributed by atoms with Gasteiger partial charge in [0.05, 0.1) is 0 Å². The minimum Gasteiger partial charge on any atom is -0.484 e. The number of nitrogens with one attached hydrogen (secondary N) is 1. The molecular weight excluding hydrogens is 527 g/mol. The summed E-state index contributed by atoms with van der Waals surface area (Å²) in [5, 5.41) is 2.99. The average Bonchev–Trinajstić information content (AvgIpc) is 2.81. The minimum atomic E-state index is -0.664. The van der Waals surface area contributed by atoms with Crippen LogP contribution in [0, 0.1) is 3.57 Å². The van der Waals surface area contributed by atoms with E-state index >= 15 is 0 Å². The molecule has 33 heavy (non-hydrogen) atoms. The molecule has 0 aliphatic rings. The molecule has 3 aromatic carbocycles. The number of nitrogens with zero attached hydrogens (tertiary/aromatic N) is 1. The molecule has 0 aromatic heterocycles. The quantitative estimate of drug-likeness (QED) is 0.364. The second-order valence-electron chi connectivity index (χ2n) is 8.12. The van der Waals surface area contributed by atoms with Gasteiger partial charge in [-0.05, 0) is 71.8 Å². The standard InChI is InChI=1S/C27H29IN2O3/c1-20(2)29-27(32)25(17-21-9-5-3-6-10-21)30(18-22-11-7-4-8-12-22)26(31)19-33-24-15-13-23(28)14-16-24/h3-16,20,25H,17-19H2,1-2H3,(H,29,32). The van der Waals surface area contributed by atoms with Crippen molar-refractivity contribution in [2.24, 2.45) is 0 Å². The van der Waals surface area contributed by atoms with Crippen LogP contribution in [0.4, 0.5) is 0 Å². The van der Waals surface area contributed by atoms with Crippen molar-refractivity contribution in [2.45, 2.75) is 38.9 Å². The lowest BCUT2D eigenvalue weighted by atomic mass is 10.0. The van der Waals surface area contributed by atoms with Gasteiger partial charge in [0.15, 0.2) is 6.61 Å². The lowest BCUT2D eigenvalue weighted by Crippen LogP contribution is -2.52. The van der Waals surface area contributed by atoms with E-state index in [0.717, 1.165) is 14.7 Å². The van der Waals surface area contributed by atoms with Crippen LogP contribution in [0.15, 0.2) is 84.9 Å². The summed E-state index contributed by atoms with van der Waals surface area (Å²) in [7, 11) is 0. The van der Waals surface area contributed by atoms with Crippen molar-refractivity contribution in [2.75, 3.05) is 6.61 Å². The molecule has 0 radical (unpaired) electrons. The third-order valence-corrected chi connectivity index (χ3v) is 5.79. The van der Waals surface area contributed by atoms with E-state index in [1.807, 2.05) is 98.8 Å². The average molecular weight is 556 g/mol. The zero-order chi connectivity index (χ0) is 23.6. The number of ether oxygens (including phenoxy) is 1. The van der Waals surface area contributed by atoms with Crippen LogP contribution >= 0.6 is 22.6 Å². The van der Waals surface area contributed by atoms with Gasteiger partial charge in [-0.2, -0.15) is 0 Å². The smallest absolute Gasteiger partial charge is 0.261 e. The van der Waals surface area contributed by atoms with Crippen molar-refractivity contribution in [3.8, 4) is 5.75 Å². The molecule has 5 nitrogen and oxygen atoms in total. The summed E-state index contributed by atoms with van der Waals surface area (Å²) in [5.41, 5.74) is 1.95. The largest absolute Gasteiger partial charge is 0.484 e. The molecule has 3 rings (SSSR count). The summed E-state index contributed by atoms with van der Waals surface area (Å²) < 4.78 is 6.86. The lowest BCUT2D eigenvalue weighted by molar-refractivity contribution is -0.143. The first-order valence-corrected chi connectivity index (χ1v) is 12.1. The maximum atomic E-state index is 13.4. The maximum absolute atomic E-state index is 13.4. The normalized spacial score (nSPS) is 11.6. The summed E-state index contributed by atoms with van der Waals surface area (Å²) >= 11 is 2.22. The molecule has 0 saturated carbocycles. The van der Waals surface area contributed by atoms with Crippen LogP contribution in [0.5, 0.6) is 5.75 Å². The molecule has 0 fully saturated rings. The third-order valence-electron chi connectivity index (χ3n) is 5.07. The number of halogens is 1. The molecule has 3 aromatic rings. The Hall–Kier alpha value is -2.87. The summed E-state index contributed by atoms with van der Waals surface area (Å²) in [6.07, 6.45) is 0.418. The van der Waals surface area contributed by atoms with E-state index in [2.05, 4.69) is 27.9 Å². The van der Waals surface area contributed by atoms with E-state index in [-0.39, 0.29) is 24.5 Å². The Morgan fingerprint density at radius 1 is 0.879 bits per heavy atom. The topological polar surface area (TPSA) is 58.6 Å². The molecule has 172 valence electrons. The molecule has 1 unspecified atom stereocenters. The Kier molecular flexibility index (Phi) is 9.30. The van der Waals surface area contributed by atoms with E-state index in [4.69, 9.17) is 4.74 Å². The van der Waals surface area contributed by atoms with Crippen LogP contribution in [0.2, 0.25) is 0 Å². The number of carbonyl (C=O) groups is 2. The molecule has 0 spiro atoms. The maximum Gasteiger partial charge on any atom is 0.261 e. The van der Waals surface area contributed by atoms with E-state index in [1.165, 1.54) is 0 Å². The van der Waals surface area contributed by atoms with Gasteiger partial charge in [-0.25, -0.2) is 0 Å². The number of rotatable bonds is 10. The molecule has 0 heterocycles. The first-order chi connectivity index (χ1) is 15.9. The van der Waals surface area contributed by atoms with Crippen LogP contribution < -0.4 is 10.1 Å². The summed E-state index contributed by atoms with van der Waals surface area (Å²) in [4.78, 5) is 28.3.